The van der Waals surface area contributed by atoms with Crippen molar-refractivity contribution >= 4 is 5.97 Å². The van der Waals surface area contributed by atoms with Gasteiger partial charge in [-0.25, -0.2) is 4.79 Å². The fourth-order valence-electron chi connectivity index (χ4n) is 2.61. The summed E-state index contributed by atoms with van der Waals surface area (Å²) in [5.74, 6) is -0.228. The zero-order valence-electron chi connectivity index (χ0n) is 11.8. The van der Waals surface area contributed by atoms with Crippen molar-refractivity contribution < 1.29 is 9.53 Å². The predicted octanol–water partition coefficient (Wildman–Crippen LogP) is 1.58. The van der Waals surface area contributed by atoms with Crippen LogP contribution in [0.2, 0.25) is 0 Å². The van der Waals surface area contributed by atoms with E-state index in [1.807, 2.05) is 30.3 Å². The second-order valence-corrected chi connectivity index (χ2v) is 5.25. The molecular formula is C15H22N2O2. The highest BCUT2D eigenvalue weighted by molar-refractivity contribution is 5.77. The Morgan fingerprint density at radius 1 is 1.42 bits per heavy atom. The van der Waals surface area contributed by atoms with Crippen LogP contribution >= 0.6 is 0 Å². The van der Waals surface area contributed by atoms with Gasteiger partial charge in [0.1, 0.15) is 6.04 Å². The number of carbonyl (C=O) groups excluding carboxylic acids is 1. The summed E-state index contributed by atoms with van der Waals surface area (Å²) in [5.41, 5.74) is 0.955. The maximum atomic E-state index is 12.0. The van der Waals surface area contributed by atoms with Crippen LogP contribution in [0.1, 0.15) is 24.9 Å². The minimum atomic E-state index is -0.380. The molecule has 1 saturated heterocycles. The SMILES string of the molecule is COC(=O)C(NC1CC(C)N(C)C1)c1ccccc1. The quantitative estimate of drug-likeness (QED) is 0.837. The second kappa shape index (κ2) is 6.17. The summed E-state index contributed by atoms with van der Waals surface area (Å²) in [6.07, 6.45) is 1.05. The van der Waals surface area contributed by atoms with E-state index >= 15 is 0 Å². The van der Waals surface area contributed by atoms with Crippen molar-refractivity contribution in [1.29, 1.82) is 0 Å². The minimum absolute atomic E-state index is 0.228. The number of carbonyl (C=O) groups is 1. The van der Waals surface area contributed by atoms with E-state index in [0.29, 0.717) is 12.1 Å². The molecule has 0 spiro atoms. The smallest absolute Gasteiger partial charge is 0.327 e. The molecule has 3 unspecified atom stereocenters. The van der Waals surface area contributed by atoms with Crippen molar-refractivity contribution in [3.63, 3.8) is 0 Å². The number of nitrogens with one attached hydrogen (secondary N) is 1. The molecule has 19 heavy (non-hydrogen) atoms. The summed E-state index contributed by atoms with van der Waals surface area (Å²) in [5, 5.41) is 3.43. The molecule has 1 heterocycles. The van der Waals surface area contributed by atoms with Crippen molar-refractivity contribution in [2.75, 3.05) is 20.7 Å². The molecule has 1 aromatic rings. The number of benzene rings is 1. The summed E-state index contributed by atoms with van der Waals surface area (Å²) in [6, 6.07) is 10.2. The summed E-state index contributed by atoms with van der Waals surface area (Å²) >= 11 is 0. The molecule has 1 fully saturated rings. The van der Waals surface area contributed by atoms with Crippen molar-refractivity contribution in [3.05, 3.63) is 35.9 Å². The van der Waals surface area contributed by atoms with Gasteiger partial charge in [0.2, 0.25) is 0 Å². The third-order valence-electron chi connectivity index (χ3n) is 3.86. The van der Waals surface area contributed by atoms with Gasteiger partial charge in [0.15, 0.2) is 0 Å². The van der Waals surface area contributed by atoms with Gasteiger partial charge in [-0.1, -0.05) is 30.3 Å². The first-order valence-corrected chi connectivity index (χ1v) is 6.71. The van der Waals surface area contributed by atoms with E-state index in [9.17, 15) is 4.79 Å². The van der Waals surface area contributed by atoms with E-state index in [1.165, 1.54) is 7.11 Å². The van der Waals surface area contributed by atoms with Crippen LogP contribution in [-0.2, 0) is 9.53 Å². The normalized spacial score (nSPS) is 25.2. The van der Waals surface area contributed by atoms with Crippen molar-refractivity contribution in [2.24, 2.45) is 0 Å². The fourth-order valence-corrected chi connectivity index (χ4v) is 2.61. The summed E-state index contributed by atoms with van der Waals surface area (Å²) in [7, 11) is 3.55. The Balaban J connectivity index is 2.09. The van der Waals surface area contributed by atoms with E-state index < -0.39 is 0 Å². The Morgan fingerprint density at radius 3 is 2.63 bits per heavy atom. The lowest BCUT2D eigenvalue weighted by Crippen LogP contribution is -2.39. The molecular weight excluding hydrogens is 240 g/mol. The largest absolute Gasteiger partial charge is 0.468 e. The highest BCUT2D eigenvalue weighted by Crippen LogP contribution is 2.20. The number of hydrogen-bond donors (Lipinski definition) is 1. The fraction of sp³-hybridized carbons (Fsp3) is 0.533. The van der Waals surface area contributed by atoms with Gasteiger partial charge in [0.25, 0.3) is 0 Å². The van der Waals surface area contributed by atoms with Crippen molar-refractivity contribution in [1.82, 2.24) is 10.2 Å². The van der Waals surface area contributed by atoms with Gasteiger partial charge in [-0.3, -0.25) is 5.32 Å². The number of likely N-dealkylation sites (tertiary alicyclic amines) is 1. The summed E-state index contributed by atoms with van der Waals surface area (Å²) in [6.45, 7) is 3.17. The third kappa shape index (κ3) is 3.33. The van der Waals surface area contributed by atoms with Crippen LogP contribution in [0.15, 0.2) is 30.3 Å². The first-order valence-electron chi connectivity index (χ1n) is 6.71. The average Bonchev–Trinajstić information content (AvgIpc) is 2.75. The standard InChI is InChI=1S/C15H22N2O2/c1-11-9-13(10-17(11)2)16-14(15(18)19-3)12-7-5-4-6-8-12/h4-8,11,13-14,16H,9-10H2,1-3H3. The van der Waals surface area contributed by atoms with Crippen LogP contribution in [-0.4, -0.2) is 43.7 Å². The number of hydrogen-bond acceptors (Lipinski definition) is 4. The molecule has 104 valence electrons. The van der Waals surface area contributed by atoms with E-state index in [1.54, 1.807) is 0 Å². The molecule has 0 aliphatic carbocycles. The molecule has 0 aromatic heterocycles. The zero-order valence-corrected chi connectivity index (χ0v) is 11.8. The Morgan fingerprint density at radius 2 is 2.11 bits per heavy atom. The number of likely N-dealkylation sites (N-methyl/N-ethyl adjacent to an activating group) is 1. The summed E-state index contributed by atoms with van der Waals surface area (Å²) < 4.78 is 4.92. The molecule has 0 bridgehead atoms. The topological polar surface area (TPSA) is 41.6 Å². The lowest BCUT2D eigenvalue weighted by molar-refractivity contribution is -0.143. The lowest BCUT2D eigenvalue weighted by Gasteiger charge is -2.21. The summed E-state index contributed by atoms with van der Waals surface area (Å²) in [4.78, 5) is 14.3. The first kappa shape index (κ1) is 14.0. The maximum Gasteiger partial charge on any atom is 0.327 e. The van der Waals surface area contributed by atoms with Crippen LogP contribution in [0.4, 0.5) is 0 Å². The van der Waals surface area contributed by atoms with Crippen LogP contribution in [0.25, 0.3) is 0 Å². The molecule has 1 aromatic carbocycles. The van der Waals surface area contributed by atoms with Crippen LogP contribution in [0.5, 0.6) is 0 Å². The first-order chi connectivity index (χ1) is 9.11. The van der Waals surface area contributed by atoms with E-state index in [4.69, 9.17) is 4.74 Å². The van der Waals surface area contributed by atoms with Gasteiger partial charge in [0.05, 0.1) is 7.11 Å². The number of esters is 1. The maximum absolute atomic E-state index is 12.0. The molecule has 0 radical (unpaired) electrons. The van der Waals surface area contributed by atoms with Gasteiger partial charge in [-0.15, -0.1) is 0 Å². The van der Waals surface area contributed by atoms with E-state index in [2.05, 4.69) is 24.2 Å². The lowest BCUT2D eigenvalue weighted by atomic mass is 10.1. The number of nitrogens with zero attached hydrogens (tertiary/aromatic N) is 1. The van der Waals surface area contributed by atoms with Gasteiger partial charge in [-0.2, -0.15) is 0 Å². The predicted molar refractivity (Wildman–Crippen MR) is 74.8 cm³/mol. The second-order valence-electron chi connectivity index (χ2n) is 5.25. The molecule has 1 aliphatic rings. The Hall–Kier alpha value is -1.39. The minimum Gasteiger partial charge on any atom is -0.468 e. The van der Waals surface area contributed by atoms with Gasteiger partial charge >= 0.3 is 5.97 Å². The highest BCUT2D eigenvalue weighted by Gasteiger charge is 2.31. The molecule has 1 N–H and O–H groups in total. The van der Waals surface area contributed by atoms with Crippen molar-refractivity contribution in [3.8, 4) is 0 Å². The van der Waals surface area contributed by atoms with Crippen LogP contribution in [0.3, 0.4) is 0 Å². The van der Waals surface area contributed by atoms with E-state index in [0.717, 1.165) is 18.5 Å². The van der Waals surface area contributed by atoms with E-state index in [-0.39, 0.29) is 12.0 Å². The van der Waals surface area contributed by atoms with Crippen LogP contribution < -0.4 is 5.32 Å². The number of rotatable bonds is 4. The van der Waals surface area contributed by atoms with Crippen molar-refractivity contribution in [2.45, 2.75) is 31.5 Å². The monoisotopic (exact) mass is 262 g/mol. The molecule has 3 atom stereocenters. The third-order valence-corrected chi connectivity index (χ3v) is 3.86. The van der Waals surface area contributed by atoms with Gasteiger partial charge in [-0.05, 0) is 26.0 Å². The molecule has 4 nitrogen and oxygen atoms in total. The molecule has 4 heteroatoms. The average molecular weight is 262 g/mol. The van der Waals surface area contributed by atoms with Crippen LogP contribution in [0, 0.1) is 0 Å². The van der Waals surface area contributed by atoms with Gasteiger partial charge in [0, 0.05) is 18.6 Å². The Kier molecular flexibility index (Phi) is 4.56. The Bertz CT molecular complexity index is 411. The molecule has 0 amide bonds. The number of ether oxygens (including phenoxy) is 1. The molecule has 1 aliphatic heterocycles. The molecule has 2 rings (SSSR count). The highest BCUT2D eigenvalue weighted by atomic mass is 16.5. The molecule has 0 saturated carbocycles. The zero-order chi connectivity index (χ0) is 13.8. The Labute approximate surface area is 114 Å². The number of methoxy groups -OCH3 is 1. The van der Waals surface area contributed by atoms with Gasteiger partial charge < -0.3 is 9.64 Å².